The van der Waals surface area contributed by atoms with Gasteiger partial charge in [-0.1, -0.05) is 133 Å². The first-order valence-electron chi connectivity index (χ1n) is 24.3. The van der Waals surface area contributed by atoms with Crippen LogP contribution in [0.5, 0.6) is 0 Å². The summed E-state index contributed by atoms with van der Waals surface area (Å²) in [5, 5.41) is 4.87. The van der Waals surface area contributed by atoms with Gasteiger partial charge in [-0.2, -0.15) is 0 Å². The molecule has 0 radical (unpaired) electrons. The molecule has 0 bridgehead atoms. The van der Waals surface area contributed by atoms with E-state index in [2.05, 4.69) is 266 Å². The van der Waals surface area contributed by atoms with Gasteiger partial charge in [-0.15, -0.1) is 0 Å². The predicted octanol–water partition coefficient (Wildman–Crippen LogP) is 16.5. The van der Waals surface area contributed by atoms with Gasteiger partial charge in [0.05, 0.1) is 44.1 Å². The second-order valence-corrected chi connectivity index (χ2v) is 20.8. The minimum Gasteiger partial charge on any atom is -0.309 e. The molecule has 13 rings (SSSR count). The number of hydrogen-bond donors (Lipinski definition) is 0. The fourth-order valence-electron chi connectivity index (χ4n) is 10.8. The van der Waals surface area contributed by atoms with Crippen LogP contribution in [0.25, 0.3) is 111 Å². The number of rotatable bonds is 6. The molecule has 6 nitrogen and oxygen atoms in total. The van der Waals surface area contributed by atoms with E-state index >= 15 is 0 Å². The van der Waals surface area contributed by atoms with Crippen LogP contribution in [0.4, 0.5) is 0 Å². The standard InChI is InChI=1S/C64H52N6/c1-63(2,3)43-27-35-47(36-28-43)69-56-21-13-9-17-52(56)65-61(69)41-23-31-45(32-24-41)67-55-20-12-8-16-51(55)59-58(67)40-39-50-49-15-7-11-19-54(49)68(60(50)59)46-33-25-42(26-34-46)62-66-53-18-10-14-22-57(53)70(62)48-37-29-44(30-38-48)64(4,5)6/h7-40H,1-6H3. The van der Waals surface area contributed by atoms with Gasteiger partial charge in [0, 0.05) is 55.4 Å². The normalized spacial score (nSPS) is 12.4. The minimum absolute atomic E-state index is 0.0652. The molecular weight excluding hydrogens is 853 g/mol. The summed E-state index contributed by atoms with van der Waals surface area (Å²) < 4.78 is 9.47. The van der Waals surface area contributed by atoms with Crippen LogP contribution in [-0.4, -0.2) is 28.2 Å². The molecule has 0 fully saturated rings. The van der Waals surface area contributed by atoms with E-state index in [4.69, 9.17) is 9.97 Å². The monoisotopic (exact) mass is 904 g/mol. The Kier molecular flexibility index (Phi) is 9.24. The maximum absolute atomic E-state index is 5.24. The number of aromatic nitrogens is 6. The van der Waals surface area contributed by atoms with Crippen molar-refractivity contribution in [2.24, 2.45) is 0 Å². The molecule has 9 aromatic carbocycles. The summed E-state index contributed by atoms with van der Waals surface area (Å²) in [4.78, 5) is 10.5. The van der Waals surface area contributed by atoms with E-state index in [0.717, 1.165) is 78.6 Å². The Hall–Kier alpha value is -8.48. The quantitative estimate of drug-likeness (QED) is 0.167. The Labute approximate surface area is 407 Å². The van der Waals surface area contributed by atoms with E-state index in [-0.39, 0.29) is 10.8 Å². The van der Waals surface area contributed by atoms with E-state index in [1.54, 1.807) is 0 Å². The van der Waals surface area contributed by atoms with Crippen molar-refractivity contribution in [3.63, 3.8) is 0 Å². The van der Waals surface area contributed by atoms with Crippen LogP contribution >= 0.6 is 0 Å². The lowest BCUT2D eigenvalue weighted by Gasteiger charge is -2.19. The minimum atomic E-state index is 0.0652. The Morgan fingerprint density at radius 3 is 1.17 bits per heavy atom. The molecule has 0 aliphatic heterocycles. The topological polar surface area (TPSA) is 45.5 Å². The van der Waals surface area contributed by atoms with E-state index < -0.39 is 0 Å². The summed E-state index contributed by atoms with van der Waals surface area (Å²) in [6.45, 7) is 13.5. The summed E-state index contributed by atoms with van der Waals surface area (Å²) in [7, 11) is 0. The molecule has 0 saturated heterocycles. The highest BCUT2D eigenvalue weighted by atomic mass is 15.1. The van der Waals surface area contributed by atoms with Crippen molar-refractivity contribution in [2.45, 2.75) is 52.4 Å². The number of para-hydroxylation sites is 6. The fraction of sp³-hybridized carbons (Fsp3) is 0.125. The highest BCUT2D eigenvalue weighted by Crippen LogP contribution is 2.43. The molecule has 6 heteroatoms. The number of imidazole rings is 2. The second kappa shape index (κ2) is 15.5. The number of fused-ring (bicyclic) bond motifs is 9. The number of benzene rings is 9. The summed E-state index contributed by atoms with van der Waals surface area (Å²) >= 11 is 0. The van der Waals surface area contributed by atoms with Crippen LogP contribution in [0.2, 0.25) is 0 Å². The number of hydrogen-bond acceptors (Lipinski definition) is 2. The first-order chi connectivity index (χ1) is 34.0. The van der Waals surface area contributed by atoms with Crippen LogP contribution < -0.4 is 0 Å². The zero-order valence-electron chi connectivity index (χ0n) is 40.3. The summed E-state index contributed by atoms with van der Waals surface area (Å²) in [6, 6.07) is 75.0. The van der Waals surface area contributed by atoms with Crippen molar-refractivity contribution >= 4 is 65.7 Å². The third-order valence-corrected chi connectivity index (χ3v) is 14.3. The zero-order chi connectivity index (χ0) is 47.5. The first kappa shape index (κ1) is 41.7. The Morgan fingerprint density at radius 2 is 0.686 bits per heavy atom. The maximum atomic E-state index is 5.24. The lowest BCUT2D eigenvalue weighted by Crippen LogP contribution is -2.11. The van der Waals surface area contributed by atoms with Crippen LogP contribution in [0.1, 0.15) is 52.7 Å². The molecule has 0 aliphatic carbocycles. The van der Waals surface area contributed by atoms with Gasteiger partial charge in [0.15, 0.2) is 0 Å². The van der Waals surface area contributed by atoms with Gasteiger partial charge in [0.1, 0.15) is 11.6 Å². The SMILES string of the molecule is CC(C)(C)c1ccc(-n2c(-c3ccc(-n4c5ccccc5c5c4ccc4c6ccccc6n(-c6ccc(-c7nc8ccccc8n7-c7ccc(C(C)(C)C)cc7)cc6)c45)cc3)nc3ccccc32)cc1. The van der Waals surface area contributed by atoms with Crippen LogP contribution in [0, 0.1) is 0 Å². The fourth-order valence-corrected chi connectivity index (χ4v) is 10.8. The van der Waals surface area contributed by atoms with Gasteiger partial charge in [0.2, 0.25) is 0 Å². The van der Waals surface area contributed by atoms with Gasteiger partial charge in [-0.3, -0.25) is 9.13 Å². The van der Waals surface area contributed by atoms with Crippen molar-refractivity contribution < 1.29 is 0 Å². The van der Waals surface area contributed by atoms with Crippen molar-refractivity contribution in [3.05, 3.63) is 217 Å². The van der Waals surface area contributed by atoms with Gasteiger partial charge in [-0.05, 0) is 137 Å². The second-order valence-electron chi connectivity index (χ2n) is 20.8. The van der Waals surface area contributed by atoms with Gasteiger partial charge in [-0.25, -0.2) is 9.97 Å². The predicted molar refractivity (Wildman–Crippen MR) is 293 cm³/mol. The van der Waals surface area contributed by atoms with Gasteiger partial charge >= 0.3 is 0 Å². The van der Waals surface area contributed by atoms with Gasteiger partial charge < -0.3 is 9.13 Å². The molecule has 4 heterocycles. The third-order valence-electron chi connectivity index (χ3n) is 14.3. The Bertz CT molecular complexity index is 4150. The molecule has 0 N–H and O–H groups in total. The van der Waals surface area contributed by atoms with Crippen LogP contribution in [0.3, 0.4) is 0 Å². The molecule has 0 saturated carbocycles. The number of nitrogens with zero attached hydrogens (tertiary/aromatic N) is 6. The molecular formula is C64H52N6. The highest BCUT2D eigenvalue weighted by Gasteiger charge is 2.23. The zero-order valence-corrected chi connectivity index (χ0v) is 40.3. The van der Waals surface area contributed by atoms with E-state index in [1.807, 2.05) is 0 Å². The molecule has 0 amide bonds. The van der Waals surface area contributed by atoms with Crippen molar-refractivity contribution in [1.29, 1.82) is 0 Å². The van der Waals surface area contributed by atoms with E-state index in [0.29, 0.717) is 0 Å². The highest BCUT2D eigenvalue weighted by molar-refractivity contribution is 6.26. The molecule has 338 valence electrons. The van der Waals surface area contributed by atoms with E-state index in [1.165, 1.54) is 43.7 Å². The average Bonchev–Trinajstić information content (AvgIpc) is 4.14. The smallest absolute Gasteiger partial charge is 0.145 e. The molecule has 70 heavy (non-hydrogen) atoms. The Morgan fingerprint density at radius 1 is 0.300 bits per heavy atom. The first-order valence-corrected chi connectivity index (χ1v) is 24.3. The van der Waals surface area contributed by atoms with Crippen molar-refractivity contribution in [3.8, 4) is 45.5 Å². The molecule has 13 aromatic rings. The molecule has 0 aliphatic rings. The van der Waals surface area contributed by atoms with E-state index in [9.17, 15) is 0 Å². The molecule has 4 aromatic heterocycles. The summed E-state index contributed by atoms with van der Waals surface area (Å²) in [6.07, 6.45) is 0. The van der Waals surface area contributed by atoms with Crippen LogP contribution in [0.15, 0.2) is 206 Å². The molecule has 0 atom stereocenters. The average molecular weight is 905 g/mol. The molecule has 0 spiro atoms. The third kappa shape index (κ3) is 6.54. The van der Waals surface area contributed by atoms with Crippen molar-refractivity contribution in [2.75, 3.05) is 0 Å². The molecule has 0 unspecified atom stereocenters. The van der Waals surface area contributed by atoms with Gasteiger partial charge in [0.25, 0.3) is 0 Å². The largest absolute Gasteiger partial charge is 0.309 e. The maximum Gasteiger partial charge on any atom is 0.145 e. The van der Waals surface area contributed by atoms with Crippen LogP contribution in [-0.2, 0) is 10.8 Å². The lowest BCUT2D eigenvalue weighted by atomic mass is 9.87. The van der Waals surface area contributed by atoms with Crippen molar-refractivity contribution in [1.82, 2.24) is 28.2 Å². The summed E-state index contributed by atoms with van der Waals surface area (Å²) in [5.74, 6) is 1.84. The lowest BCUT2D eigenvalue weighted by molar-refractivity contribution is 0.590. The summed E-state index contributed by atoms with van der Waals surface area (Å²) in [5.41, 5.74) is 18.0. The Balaban J connectivity index is 0.949.